The Balaban J connectivity index is 1.56. The summed E-state index contributed by atoms with van der Waals surface area (Å²) in [6.45, 7) is 0.0921. The van der Waals surface area contributed by atoms with Crippen LogP contribution in [0.2, 0.25) is 0 Å². The average molecular weight is 470 g/mol. The molecule has 0 fully saturated rings. The number of amides is 3. The smallest absolute Gasteiger partial charge is 0.321 e. The van der Waals surface area contributed by atoms with Crippen molar-refractivity contribution in [1.82, 2.24) is 20.2 Å². The highest BCUT2D eigenvalue weighted by atomic mass is 32.2. The van der Waals surface area contributed by atoms with Crippen molar-refractivity contribution in [2.45, 2.75) is 11.7 Å². The van der Waals surface area contributed by atoms with Crippen LogP contribution < -0.4 is 16.2 Å². The minimum absolute atomic E-state index is 0.00959. The number of hydrogen-bond acceptors (Lipinski definition) is 6. The van der Waals surface area contributed by atoms with E-state index in [1.807, 2.05) is 0 Å². The number of hydrogen-bond donors (Lipinski definition) is 2. The molecule has 33 heavy (non-hydrogen) atoms. The summed E-state index contributed by atoms with van der Waals surface area (Å²) < 4.78 is 34.0. The van der Waals surface area contributed by atoms with Gasteiger partial charge in [0, 0.05) is 6.07 Å². The maximum Gasteiger partial charge on any atom is 0.321 e. The second kappa shape index (κ2) is 9.65. The van der Waals surface area contributed by atoms with Gasteiger partial charge in [-0.3, -0.25) is 19.5 Å². The zero-order chi connectivity index (χ0) is 23.4. The van der Waals surface area contributed by atoms with Gasteiger partial charge in [0.1, 0.15) is 17.4 Å². The van der Waals surface area contributed by atoms with Crippen LogP contribution in [0, 0.1) is 11.6 Å². The van der Waals surface area contributed by atoms with Crippen molar-refractivity contribution < 1.29 is 22.8 Å². The van der Waals surface area contributed by atoms with Gasteiger partial charge in [0.2, 0.25) is 5.91 Å². The molecule has 4 aromatic rings. The van der Waals surface area contributed by atoms with E-state index in [0.29, 0.717) is 17.3 Å². The van der Waals surface area contributed by atoms with E-state index in [0.717, 1.165) is 28.5 Å². The molecule has 0 unspecified atom stereocenters. The van der Waals surface area contributed by atoms with Gasteiger partial charge in [0.15, 0.2) is 5.16 Å². The van der Waals surface area contributed by atoms with E-state index in [-0.39, 0.29) is 28.5 Å². The van der Waals surface area contributed by atoms with Crippen LogP contribution in [-0.4, -0.2) is 27.2 Å². The van der Waals surface area contributed by atoms with Gasteiger partial charge < -0.3 is 9.73 Å². The summed E-state index contributed by atoms with van der Waals surface area (Å²) in [5, 5.41) is 4.86. The van der Waals surface area contributed by atoms with Gasteiger partial charge >= 0.3 is 6.03 Å². The first kappa shape index (κ1) is 22.2. The molecule has 2 heterocycles. The Morgan fingerprint density at radius 2 is 1.91 bits per heavy atom. The van der Waals surface area contributed by atoms with Crippen molar-refractivity contribution in [3.63, 3.8) is 0 Å². The van der Waals surface area contributed by atoms with Crippen LogP contribution in [0.15, 0.2) is 75.2 Å². The normalized spacial score (nSPS) is 10.8. The minimum Gasteiger partial charge on any atom is -0.467 e. The lowest BCUT2D eigenvalue weighted by Gasteiger charge is -2.14. The number of aromatic nitrogens is 2. The number of thioether (sulfide) groups is 1. The molecule has 0 aliphatic carbocycles. The van der Waals surface area contributed by atoms with E-state index in [4.69, 9.17) is 4.42 Å². The lowest BCUT2D eigenvalue weighted by atomic mass is 10.2. The number of carbonyl (C=O) groups excluding carboxylic acids is 2. The molecule has 0 aliphatic heterocycles. The second-order valence-corrected chi connectivity index (χ2v) is 7.69. The Morgan fingerprint density at radius 1 is 1.09 bits per heavy atom. The molecule has 0 aliphatic rings. The van der Waals surface area contributed by atoms with Gasteiger partial charge in [-0.05, 0) is 36.4 Å². The number of nitrogens with zero attached hydrogens (tertiary/aromatic N) is 2. The minimum atomic E-state index is -0.960. The zero-order valence-electron chi connectivity index (χ0n) is 16.9. The van der Waals surface area contributed by atoms with E-state index in [1.165, 1.54) is 12.3 Å². The molecular weight excluding hydrogens is 454 g/mol. The second-order valence-electron chi connectivity index (χ2n) is 6.75. The Kier molecular flexibility index (Phi) is 6.50. The molecule has 168 valence electrons. The van der Waals surface area contributed by atoms with Crippen molar-refractivity contribution in [1.29, 1.82) is 0 Å². The summed E-state index contributed by atoms with van der Waals surface area (Å²) >= 11 is 0.831. The van der Waals surface area contributed by atoms with Crippen LogP contribution in [0.1, 0.15) is 5.76 Å². The van der Waals surface area contributed by atoms with Gasteiger partial charge in [-0.15, -0.1) is 0 Å². The van der Waals surface area contributed by atoms with Gasteiger partial charge in [-0.25, -0.2) is 18.6 Å². The van der Waals surface area contributed by atoms with Gasteiger partial charge in [0.05, 0.1) is 35.2 Å². The summed E-state index contributed by atoms with van der Waals surface area (Å²) in [7, 11) is 0. The highest BCUT2D eigenvalue weighted by Crippen LogP contribution is 2.23. The summed E-state index contributed by atoms with van der Waals surface area (Å²) in [4.78, 5) is 41.6. The number of para-hydroxylation sites is 1. The number of rotatable bonds is 6. The van der Waals surface area contributed by atoms with Crippen LogP contribution in [-0.2, 0) is 11.3 Å². The fourth-order valence-electron chi connectivity index (χ4n) is 3.00. The third-order valence-electron chi connectivity index (χ3n) is 4.48. The average Bonchev–Trinajstić information content (AvgIpc) is 3.31. The standard InChI is InChI=1S/C22H16F2N4O4S/c23-13-7-8-18(16(24)10-13)28-20(30)15-5-1-2-6-17(15)26-22(28)33-12-19(29)27-21(31)25-11-14-4-3-9-32-14/h1-10H,11-12H2,(H2,25,27,29,31). The molecule has 8 nitrogen and oxygen atoms in total. The molecule has 0 bridgehead atoms. The fourth-order valence-corrected chi connectivity index (χ4v) is 3.81. The third kappa shape index (κ3) is 5.09. The van der Waals surface area contributed by atoms with Crippen LogP contribution in [0.25, 0.3) is 16.6 Å². The summed E-state index contributed by atoms with van der Waals surface area (Å²) in [5.74, 6) is -2.20. The summed E-state index contributed by atoms with van der Waals surface area (Å²) in [5.41, 5.74) is -0.440. The molecule has 11 heteroatoms. The number of urea groups is 1. The highest BCUT2D eigenvalue weighted by Gasteiger charge is 2.18. The lowest BCUT2D eigenvalue weighted by molar-refractivity contribution is -0.117. The van der Waals surface area contributed by atoms with Crippen LogP contribution >= 0.6 is 11.8 Å². The van der Waals surface area contributed by atoms with Crippen LogP contribution in [0.5, 0.6) is 0 Å². The van der Waals surface area contributed by atoms with E-state index < -0.39 is 29.1 Å². The van der Waals surface area contributed by atoms with Gasteiger partial charge in [-0.1, -0.05) is 23.9 Å². The third-order valence-corrected chi connectivity index (χ3v) is 5.42. The molecule has 0 radical (unpaired) electrons. The number of fused-ring (bicyclic) bond motifs is 1. The zero-order valence-corrected chi connectivity index (χ0v) is 17.7. The molecule has 0 saturated heterocycles. The Hall–Kier alpha value is -3.99. The number of nitrogens with one attached hydrogen (secondary N) is 2. The topological polar surface area (TPSA) is 106 Å². The molecule has 0 atom stereocenters. The predicted octanol–water partition coefficient (Wildman–Crippen LogP) is 3.38. The Bertz CT molecular complexity index is 1390. The van der Waals surface area contributed by atoms with Crippen molar-refractivity contribution in [3.8, 4) is 5.69 Å². The van der Waals surface area contributed by atoms with Gasteiger partial charge in [0.25, 0.3) is 5.56 Å². The first-order valence-electron chi connectivity index (χ1n) is 9.62. The number of imide groups is 1. The maximum absolute atomic E-state index is 14.5. The molecule has 2 N–H and O–H groups in total. The van der Waals surface area contributed by atoms with Crippen molar-refractivity contribution >= 4 is 34.6 Å². The van der Waals surface area contributed by atoms with Crippen molar-refractivity contribution in [2.24, 2.45) is 0 Å². The van der Waals surface area contributed by atoms with Crippen molar-refractivity contribution in [3.05, 3.63) is 88.6 Å². The first-order valence-corrected chi connectivity index (χ1v) is 10.6. The summed E-state index contributed by atoms with van der Waals surface area (Å²) in [6.07, 6.45) is 1.46. The quantitative estimate of drug-likeness (QED) is 0.331. The monoisotopic (exact) mass is 470 g/mol. The van der Waals surface area contributed by atoms with E-state index in [1.54, 1.807) is 30.3 Å². The summed E-state index contributed by atoms with van der Waals surface area (Å²) in [6, 6.07) is 11.8. The number of benzene rings is 2. The number of halogens is 2. The molecule has 0 spiro atoms. The molecule has 2 aromatic carbocycles. The maximum atomic E-state index is 14.5. The molecular formula is C22H16F2N4O4S. The molecule has 3 amide bonds. The molecule has 4 rings (SSSR count). The van der Waals surface area contributed by atoms with E-state index in [2.05, 4.69) is 15.6 Å². The molecule has 0 saturated carbocycles. The van der Waals surface area contributed by atoms with Crippen LogP contribution in [0.4, 0.5) is 13.6 Å². The largest absolute Gasteiger partial charge is 0.467 e. The Morgan fingerprint density at radius 3 is 2.67 bits per heavy atom. The van der Waals surface area contributed by atoms with E-state index in [9.17, 15) is 23.2 Å². The lowest BCUT2D eigenvalue weighted by Crippen LogP contribution is -2.40. The number of carbonyl (C=O) groups is 2. The Labute approximate surface area is 189 Å². The first-order chi connectivity index (χ1) is 15.9. The van der Waals surface area contributed by atoms with Crippen LogP contribution in [0.3, 0.4) is 0 Å². The van der Waals surface area contributed by atoms with Crippen molar-refractivity contribution in [2.75, 3.05) is 5.75 Å². The molecule has 2 aromatic heterocycles. The highest BCUT2D eigenvalue weighted by molar-refractivity contribution is 7.99. The number of furan rings is 1. The van der Waals surface area contributed by atoms with Gasteiger partial charge in [-0.2, -0.15) is 0 Å². The predicted molar refractivity (Wildman–Crippen MR) is 117 cm³/mol. The fraction of sp³-hybridized carbons (Fsp3) is 0.0909. The SMILES string of the molecule is O=C(CSc1nc2ccccc2c(=O)n1-c1ccc(F)cc1F)NC(=O)NCc1ccco1. The van der Waals surface area contributed by atoms with E-state index >= 15 is 0 Å².